The first-order valence-corrected chi connectivity index (χ1v) is 4.90. The molecule has 0 fully saturated rings. The minimum absolute atomic E-state index is 0.130. The minimum atomic E-state index is -0.579. The number of aromatic nitrogens is 3. The molecular formula is C8H7BrN4O2. The van der Waals surface area contributed by atoms with E-state index in [0.29, 0.717) is 5.65 Å². The van der Waals surface area contributed by atoms with E-state index < -0.39 is 6.09 Å². The number of amides is 1. The lowest BCUT2D eigenvalue weighted by atomic mass is 10.5. The summed E-state index contributed by atoms with van der Waals surface area (Å²) in [6.07, 6.45) is 1.14. The van der Waals surface area contributed by atoms with Crippen molar-refractivity contribution < 1.29 is 9.53 Å². The summed E-state index contributed by atoms with van der Waals surface area (Å²) in [6, 6.07) is 3.72. The number of nitrogens with one attached hydrogen (secondary N) is 1. The highest BCUT2D eigenvalue weighted by Gasteiger charge is 2.09. The standard InChI is InChI=1S/C8H7BrN4O2/c1-10-8(14)15-7-12-11-6-3-2-5(9)4-13(6)7/h2-4H,1H3,(H,10,14). The zero-order valence-corrected chi connectivity index (χ0v) is 9.35. The second-order valence-corrected chi connectivity index (χ2v) is 3.61. The van der Waals surface area contributed by atoms with Crippen LogP contribution in [0.25, 0.3) is 5.65 Å². The Kier molecular flexibility index (Phi) is 2.55. The fraction of sp³-hybridized carbons (Fsp3) is 0.125. The molecule has 0 saturated heterocycles. The summed E-state index contributed by atoms with van der Waals surface area (Å²) in [6.45, 7) is 0. The molecule has 78 valence electrons. The van der Waals surface area contributed by atoms with Gasteiger partial charge in [0, 0.05) is 17.7 Å². The highest BCUT2D eigenvalue weighted by Crippen LogP contribution is 2.15. The van der Waals surface area contributed by atoms with Crippen LogP contribution in [-0.4, -0.2) is 27.7 Å². The molecule has 0 atom stereocenters. The van der Waals surface area contributed by atoms with Crippen molar-refractivity contribution in [3.8, 4) is 6.01 Å². The molecule has 7 heteroatoms. The highest BCUT2D eigenvalue weighted by atomic mass is 79.9. The van der Waals surface area contributed by atoms with Crippen LogP contribution >= 0.6 is 15.9 Å². The van der Waals surface area contributed by atoms with Crippen LogP contribution in [0.1, 0.15) is 0 Å². The molecule has 0 spiro atoms. The van der Waals surface area contributed by atoms with E-state index in [1.54, 1.807) is 16.7 Å². The van der Waals surface area contributed by atoms with Gasteiger partial charge in [-0.3, -0.25) is 4.40 Å². The molecule has 0 bridgehead atoms. The van der Waals surface area contributed by atoms with Gasteiger partial charge in [-0.1, -0.05) is 5.10 Å². The van der Waals surface area contributed by atoms with Crippen molar-refractivity contribution in [2.75, 3.05) is 7.05 Å². The summed E-state index contributed by atoms with van der Waals surface area (Å²) in [7, 11) is 1.47. The summed E-state index contributed by atoms with van der Waals surface area (Å²) >= 11 is 3.30. The Balaban J connectivity index is 2.43. The van der Waals surface area contributed by atoms with Gasteiger partial charge in [-0.15, -0.1) is 5.10 Å². The van der Waals surface area contributed by atoms with Gasteiger partial charge in [0.25, 0.3) is 0 Å². The third kappa shape index (κ3) is 1.91. The Labute approximate surface area is 93.4 Å². The predicted molar refractivity (Wildman–Crippen MR) is 55.8 cm³/mol. The zero-order valence-electron chi connectivity index (χ0n) is 7.77. The van der Waals surface area contributed by atoms with E-state index in [1.165, 1.54) is 7.05 Å². The molecule has 0 aliphatic carbocycles. The van der Waals surface area contributed by atoms with Gasteiger partial charge in [-0.05, 0) is 28.1 Å². The van der Waals surface area contributed by atoms with Crippen LogP contribution in [0.4, 0.5) is 4.79 Å². The van der Waals surface area contributed by atoms with Gasteiger partial charge in [-0.2, -0.15) is 0 Å². The molecule has 2 heterocycles. The number of pyridine rings is 1. The van der Waals surface area contributed by atoms with Crippen LogP contribution in [0.2, 0.25) is 0 Å². The van der Waals surface area contributed by atoms with E-state index >= 15 is 0 Å². The van der Waals surface area contributed by atoms with E-state index in [4.69, 9.17) is 4.74 Å². The van der Waals surface area contributed by atoms with Gasteiger partial charge in [-0.25, -0.2) is 4.79 Å². The van der Waals surface area contributed by atoms with Crippen molar-refractivity contribution in [1.29, 1.82) is 0 Å². The summed E-state index contributed by atoms with van der Waals surface area (Å²) in [5, 5.41) is 9.90. The Morgan fingerprint density at radius 1 is 1.53 bits per heavy atom. The lowest BCUT2D eigenvalue weighted by Crippen LogP contribution is -2.23. The molecule has 6 nitrogen and oxygen atoms in total. The molecule has 2 aromatic heterocycles. The highest BCUT2D eigenvalue weighted by molar-refractivity contribution is 9.10. The Morgan fingerprint density at radius 3 is 3.07 bits per heavy atom. The molecule has 0 aliphatic heterocycles. The average molecular weight is 271 g/mol. The van der Waals surface area contributed by atoms with Crippen LogP contribution in [-0.2, 0) is 0 Å². The summed E-state index contributed by atoms with van der Waals surface area (Å²) in [5.41, 5.74) is 0.608. The van der Waals surface area contributed by atoms with Crippen molar-refractivity contribution in [2.45, 2.75) is 0 Å². The number of nitrogens with zero attached hydrogens (tertiary/aromatic N) is 3. The number of carbonyl (C=O) groups is 1. The summed E-state index contributed by atoms with van der Waals surface area (Å²) in [4.78, 5) is 11.0. The zero-order chi connectivity index (χ0) is 10.8. The Morgan fingerprint density at radius 2 is 2.33 bits per heavy atom. The second-order valence-electron chi connectivity index (χ2n) is 2.70. The van der Waals surface area contributed by atoms with Crippen molar-refractivity contribution in [3.63, 3.8) is 0 Å². The quantitative estimate of drug-likeness (QED) is 0.846. The molecule has 0 saturated carbocycles. The molecule has 1 N–H and O–H groups in total. The van der Waals surface area contributed by atoms with Gasteiger partial charge in [0.15, 0.2) is 5.65 Å². The van der Waals surface area contributed by atoms with E-state index in [0.717, 1.165) is 4.47 Å². The van der Waals surface area contributed by atoms with Crippen molar-refractivity contribution in [1.82, 2.24) is 19.9 Å². The molecule has 2 aromatic rings. The second kappa shape index (κ2) is 3.85. The van der Waals surface area contributed by atoms with E-state index in [-0.39, 0.29) is 6.01 Å². The smallest absolute Gasteiger partial charge is 0.374 e. The first kappa shape index (κ1) is 9.91. The van der Waals surface area contributed by atoms with Gasteiger partial charge < -0.3 is 10.1 Å². The molecule has 0 aliphatic rings. The van der Waals surface area contributed by atoms with Crippen LogP contribution in [0.15, 0.2) is 22.8 Å². The topological polar surface area (TPSA) is 68.5 Å². The fourth-order valence-electron chi connectivity index (χ4n) is 1.05. The lowest BCUT2D eigenvalue weighted by Gasteiger charge is -2.00. The van der Waals surface area contributed by atoms with Crippen LogP contribution in [0, 0.1) is 0 Å². The van der Waals surface area contributed by atoms with Crippen molar-refractivity contribution in [2.24, 2.45) is 0 Å². The lowest BCUT2D eigenvalue weighted by molar-refractivity contribution is 0.198. The average Bonchev–Trinajstić information content (AvgIpc) is 2.61. The molecule has 0 aromatic carbocycles. The molecule has 2 rings (SSSR count). The number of hydrogen-bond donors (Lipinski definition) is 1. The Hall–Kier alpha value is -1.63. The van der Waals surface area contributed by atoms with Crippen molar-refractivity contribution in [3.05, 3.63) is 22.8 Å². The molecular weight excluding hydrogens is 264 g/mol. The van der Waals surface area contributed by atoms with Crippen LogP contribution in [0.5, 0.6) is 6.01 Å². The van der Waals surface area contributed by atoms with E-state index in [1.807, 2.05) is 6.07 Å². The van der Waals surface area contributed by atoms with E-state index in [2.05, 4.69) is 31.4 Å². The van der Waals surface area contributed by atoms with Crippen molar-refractivity contribution >= 4 is 27.7 Å². The number of ether oxygens (including phenoxy) is 1. The number of hydrogen-bond acceptors (Lipinski definition) is 4. The van der Waals surface area contributed by atoms with Crippen LogP contribution in [0.3, 0.4) is 0 Å². The maximum atomic E-state index is 11.0. The minimum Gasteiger partial charge on any atom is -0.374 e. The molecule has 1 amide bonds. The normalized spacial score (nSPS) is 10.3. The third-order valence-corrected chi connectivity index (χ3v) is 2.19. The number of halogens is 1. The van der Waals surface area contributed by atoms with Gasteiger partial charge in [0.2, 0.25) is 0 Å². The largest absolute Gasteiger partial charge is 0.414 e. The van der Waals surface area contributed by atoms with Gasteiger partial charge in [0.1, 0.15) is 0 Å². The fourth-order valence-corrected chi connectivity index (χ4v) is 1.38. The van der Waals surface area contributed by atoms with E-state index in [9.17, 15) is 4.79 Å². The SMILES string of the molecule is CNC(=O)Oc1nnc2ccc(Br)cn12. The van der Waals surface area contributed by atoms with Gasteiger partial charge >= 0.3 is 12.1 Å². The maximum Gasteiger partial charge on any atom is 0.414 e. The monoisotopic (exact) mass is 270 g/mol. The first-order valence-electron chi connectivity index (χ1n) is 4.10. The third-order valence-electron chi connectivity index (χ3n) is 1.72. The molecule has 0 radical (unpaired) electrons. The summed E-state index contributed by atoms with van der Waals surface area (Å²) < 4.78 is 7.30. The maximum absolute atomic E-state index is 11.0. The Bertz CT molecular complexity index is 510. The predicted octanol–water partition coefficient (Wildman–Crippen LogP) is 1.21. The molecule has 15 heavy (non-hydrogen) atoms. The summed E-state index contributed by atoms with van der Waals surface area (Å²) in [5.74, 6) is 0. The first-order chi connectivity index (χ1) is 7.20. The number of rotatable bonds is 1. The molecule has 0 unspecified atom stereocenters. The van der Waals surface area contributed by atoms with Crippen LogP contribution < -0.4 is 10.1 Å². The number of carbonyl (C=O) groups excluding carboxylic acids is 1. The number of fused-ring (bicyclic) bond motifs is 1. The van der Waals surface area contributed by atoms with Gasteiger partial charge in [0.05, 0.1) is 0 Å².